The molecule has 0 rings (SSSR count). The molecule has 0 amide bonds. The lowest BCUT2D eigenvalue weighted by atomic mass is 10.0. The quantitative estimate of drug-likeness (QED) is 0.317. The average molecular weight is 328 g/mol. The fraction of sp³-hybridized carbons (Fsp3) is 0.952. The number of unbranched alkanes of at least 4 members (excludes halogenated alkanes) is 15. The van der Waals surface area contributed by atoms with E-state index in [4.69, 9.17) is 5.73 Å². The van der Waals surface area contributed by atoms with Gasteiger partial charge in [0.25, 0.3) is 0 Å². The first kappa shape index (κ1) is 24.9. The molecule has 0 aromatic rings. The number of hydrogen-bond donors (Lipinski definition) is 1. The molecule has 0 saturated heterocycles. The summed E-state index contributed by atoms with van der Waals surface area (Å²) in [7, 11) is 0. The Balaban J connectivity index is 0. The first-order chi connectivity index (χ1) is 11.1. The summed E-state index contributed by atoms with van der Waals surface area (Å²) in [5.74, 6) is 0.167. The predicted molar refractivity (Wildman–Crippen MR) is 105 cm³/mol. The number of nitrogens with two attached hydrogens (primary N) is 1. The van der Waals surface area contributed by atoms with Crippen molar-refractivity contribution in [3.63, 3.8) is 0 Å². The van der Waals surface area contributed by atoms with Crippen molar-refractivity contribution in [2.75, 3.05) is 6.54 Å². The minimum Gasteiger partial charge on any atom is -0.330 e. The second-order valence-corrected chi connectivity index (χ2v) is 7.00. The van der Waals surface area contributed by atoms with E-state index < -0.39 is 0 Å². The van der Waals surface area contributed by atoms with Gasteiger partial charge in [0.05, 0.1) is 0 Å². The van der Waals surface area contributed by atoms with Gasteiger partial charge in [-0.2, -0.15) is 0 Å². The molecule has 0 aliphatic rings. The molecule has 0 atom stereocenters. The molecule has 2 heteroatoms. The van der Waals surface area contributed by atoms with Gasteiger partial charge in [0.1, 0.15) is 5.78 Å². The third-order valence-electron chi connectivity index (χ3n) is 4.06. The number of rotatable bonds is 16. The fourth-order valence-corrected chi connectivity index (χ4v) is 2.69. The van der Waals surface area contributed by atoms with E-state index in [1.165, 1.54) is 117 Å². The zero-order valence-corrected chi connectivity index (χ0v) is 16.5. The molecule has 2 N–H and O–H groups in total. The maximum atomic E-state index is 9.44. The van der Waals surface area contributed by atoms with E-state index in [0.717, 1.165) is 6.54 Å². The minimum absolute atomic E-state index is 0.167. The molecule has 0 unspecified atom stereocenters. The van der Waals surface area contributed by atoms with Gasteiger partial charge in [-0.05, 0) is 26.8 Å². The van der Waals surface area contributed by atoms with Crippen molar-refractivity contribution in [1.82, 2.24) is 0 Å². The Morgan fingerprint density at radius 3 is 1.00 bits per heavy atom. The van der Waals surface area contributed by atoms with Crippen LogP contribution in [-0.2, 0) is 4.79 Å². The van der Waals surface area contributed by atoms with Crippen LogP contribution in [0.4, 0.5) is 0 Å². The lowest BCUT2D eigenvalue weighted by molar-refractivity contribution is -0.114. The third kappa shape index (κ3) is 34.1. The van der Waals surface area contributed by atoms with Crippen molar-refractivity contribution < 1.29 is 4.79 Å². The molecular formula is C21H45NO. The normalized spacial score (nSPS) is 10.3. The molecule has 0 fully saturated rings. The molecule has 0 aromatic heterocycles. The van der Waals surface area contributed by atoms with Crippen LogP contribution in [0.1, 0.15) is 124 Å². The monoisotopic (exact) mass is 327 g/mol. The zero-order chi connectivity index (χ0) is 17.6. The molecule has 0 spiro atoms. The van der Waals surface area contributed by atoms with Gasteiger partial charge in [0.15, 0.2) is 0 Å². The number of carbonyl (C=O) groups is 1. The number of carbonyl (C=O) groups excluding carboxylic acids is 1. The summed E-state index contributed by atoms with van der Waals surface area (Å²) in [5.41, 5.74) is 5.48. The second kappa shape index (κ2) is 23.9. The number of hydrogen-bond acceptors (Lipinski definition) is 2. The van der Waals surface area contributed by atoms with Crippen LogP contribution in [0.5, 0.6) is 0 Å². The summed E-state index contributed by atoms with van der Waals surface area (Å²) >= 11 is 0. The van der Waals surface area contributed by atoms with Crippen LogP contribution in [0.15, 0.2) is 0 Å². The molecule has 0 bridgehead atoms. The van der Waals surface area contributed by atoms with Gasteiger partial charge in [-0.1, -0.05) is 103 Å². The highest BCUT2D eigenvalue weighted by Crippen LogP contribution is 2.13. The van der Waals surface area contributed by atoms with Crippen LogP contribution in [0.2, 0.25) is 0 Å². The number of ketones is 1. The third-order valence-corrected chi connectivity index (χ3v) is 4.06. The highest BCUT2D eigenvalue weighted by atomic mass is 16.1. The van der Waals surface area contributed by atoms with Gasteiger partial charge in [-0.3, -0.25) is 0 Å². The van der Waals surface area contributed by atoms with Crippen molar-refractivity contribution in [2.24, 2.45) is 5.73 Å². The van der Waals surface area contributed by atoms with Crippen LogP contribution in [0.3, 0.4) is 0 Å². The van der Waals surface area contributed by atoms with E-state index in [-0.39, 0.29) is 5.78 Å². The van der Waals surface area contributed by atoms with Crippen molar-refractivity contribution in [1.29, 1.82) is 0 Å². The lowest BCUT2D eigenvalue weighted by Crippen LogP contribution is -1.97. The number of Topliss-reactive ketones (excluding diaryl/α,β-unsaturated/α-hetero) is 1. The van der Waals surface area contributed by atoms with Gasteiger partial charge in [0.2, 0.25) is 0 Å². The molecular weight excluding hydrogens is 282 g/mol. The first-order valence-corrected chi connectivity index (χ1v) is 10.3. The van der Waals surface area contributed by atoms with Crippen molar-refractivity contribution in [3.05, 3.63) is 0 Å². The van der Waals surface area contributed by atoms with Crippen LogP contribution >= 0.6 is 0 Å². The molecule has 23 heavy (non-hydrogen) atoms. The van der Waals surface area contributed by atoms with Crippen molar-refractivity contribution in [3.8, 4) is 0 Å². The lowest BCUT2D eigenvalue weighted by Gasteiger charge is -2.03. The molecule has 0 heterocycles. The van der Waals surface area contributed by atoms with Gasteiger partial charge in [-0.15, -0.1) is 0 Å². The maximum Gasteiger partial charge on any atom is 0.126 e. The standard InChI is InChI=1S/C18H39N.C3H6O/c1-2-3-4-5-6-7-8-9-10-11-12-13-14-15-16-17-18-19;1-3(2)4/h2-19H2,1H3;1-2H3. The molecule has 0 aliphatic heterocycles. The Labute approximate surface area is 147 Å². The van der Waals surface area contributed by atoms with Crippen LogP contribution in [-0.4, -0.2) is 12.3 Å². The Morgan fingerprint density at radius 1 is 0.565 bits per heavy atom. The van der Waals surface area contributed by atoms with Gasteiger partial charge in [0, 0.05) is 0 Å². The minimum atomic E-state index is 0.167. The fourth-order valence-electron chi connectivity index (χ4n) is 2.69. The Hall–Kier alpha value is -0.370. The summed E-state index contributed by atoms with van der Waals surface area (Å²) in [4.78, 5) is 9.44. The summed E-state index contributed by atoms with van der Waals surface area (Å²) in [5, 5.41) is 0. The summed E-state index contributed by atoms with van der Waals surface area (Å²) in [6.45, 7) is 6.22. The summed E-state index contributed by atoms with van der Waals surface area (Å²) in [6.07, 6.45) is 22.9. The highest BCUT2D eigenvalue weighted by molar-refractivity contribution is 5.72. The van der Waals surface area contributed by atoms with Gasteiger partial charge >= 0.3 is 0 Å². The molecule has 0 aliphatic carbocycles. The SMILES string of the molecule is CC(C)=O.CCCCCCCCCCCCCCCCCCN. The van der Waals surface area contributed by atoms with Gasteiger partial charge < -0.3 is 10.5 Å². The molecule has 0 aromatic carbocycles. The second-order valence-electron chi connectivity index (χ2n) is 7.00. The Bertz CT molecular complexity index is 196. The van der Waals surface area contributed by atoms with Crippen LogP contribution in [0.25, 0.3) is 0 Å². The summed E-state index contributed by atoms with van der Waals surface area (Å²) < 4.78 is 0. The summed E-state index contributed by atoms with van der Waals surface area (Å²) in [6, 6.07) is 0. The van der Waals surface area contributed by atoms with E-state index in [9.17, 15) is 4.79 Å². The Morgan fingerprint density at radius 2 is 0.783 bits per heavy atom. The van der Waals surface area contributed by atoms with Crippen LogP contribution < -0.4 is 5.73 Å². The van der Waals surface area contributed by atoms with E-state index in [1.807, 2.05) is 0 Å². The first-order valence-electron chi connectivity index (χ1n) is 10.3. The largest absolute Gasteiger partial charge is 0.330 e. The van der Waals surface area contributed by atoms with E-state index >= 15 is 0 Å². The van der Waals surface area contributed by atoms with Crippen molar-refractivity contribution >= 4 is 5.78 Å². The molecule has 0 saturated carbocycles. The van der Waals surface area contributed by atoms with E-state index in [0.29, 0.717) is 0 Å². The van der Waals surface area contributed by atoms with E-state index in [1.54, 1.807) is 0 Å². The van der Waals surface area contributed by atoms with Gasteiger partial charge in [-0.25, -0.2) is 0 Å². The topological polar surface area (TPSA) is 43.1 Å². The smallest absolute Gasteiger partial charge is 0.126 e. The predicted octanol–water partition coefficient (Wildman–Crippen LogP) is 6.80. The zero-order valence-electron chi connectivity index (χ0n) is 16.5. The highest BCUT2D eigenvalue weighted by Gasteiger charge is 1.94. The maximum absolute atomic E-state index is 9.44. The average Bonchev–Trinajstić information content (AvgIpc) is 2.50. The van der Waals surface area contributed by atoms with E-state index in [2.05, 4.69) is 6.92 Å². The van der Waals surface area contributed by atoms with Crippen molar-refractivity contribution in [2.45, 2.75) is 124 Å². The molecule has 140 valence electrons. The Kier molecular flexibility index (Phi) is 25.8. The molecule has 2 nitrogen and oxygen atoms in total. The van der Waals surface area contributed by atoms with Crippen LogP contribution in [0, 0.1) is 0 Å². The molecule has 0 radical (unpaired) electrons.